The molecule has 0 radical (unpaired) electrons. The summed E-state index contributed by atoms with van der Waals surface area (Å²) in [5, 5.41) is 3.88. The molecule has 112 valence electrons. The van der Waals surface area contributed by atoms with Crippen molar-refractivity contribution in [3.8, 4) is 0 Å². The molecule has 0 aromatic rings. The van der Waals surface area contributed by atoms with E-state index in [-0.39, 0.29) is 17.9 Å². The van der Waals surface area contributed by atoms with E-state index in [1.54, 1.807) is 34.7 Å². The smallest absolute Gasteiger partial charge is 0.407 e. The topological polar surface area (TPSA) is 67.9 Å². The van der Waals surface area contributed by atoms with Crippen molar-refractivity contribution in [1.82, 2.24) is 10.4 Å². The first kappa shape index (κ1) is 17.7. The molecule has 0 aliphatic rings. The minimum absolute atomic E-state index is 0.189. The van der Waals surface area contributed by atoms with Crippen LogP contribution in [0.3, 0.4) is 0 Å². The van der Waals surface area contributed by atoms with Crippen LogP contribution in [0.15, 0.2) is 0 Å². The van der Waals surface area contributed by atoms with Crippen molar-refractivity contribution in [2.75, 3.05) is 14.2 Å². The number of nitrogens with zero attached hydrogens (tertiary/aromatic N) is 1. The van der Waals surface area contributed by atoms with Crippen LogP contribution in [0.2, 0.25) is 0 Å². The molecular formula is C13H26N2O4. The average molecular weight is 274 g/mol. The standard InChI is InChI=1S/C13H26N2O4/c1-8-10(9(2)11(16)15(6)18-7)14-12(17)19-13(3,4)5/h9-10H,8H2,1-7H3,(H,14,17). The molecule has 19 heavy (non-hydrogen) atoms. The van der Waals surface area contributed by atoms with Crippen LogP contribution in [0.5, 0.6) is 0 Å². The molecule has 0 fully saturated rings. The van der Waals surface area contributed by atoms with Gasteiger partial charge < -0.3 is 10.1 Å². The average Bonchev–Trinajstić information content (AvgIpc) is 2.30. The lowest BCUT2D eigenvalue weighted by Gasteiger charge is -2.27. The SMILES string of the molecule is CCC(NC(=O)OC(C)(C)C)C(C)C(=O)N(C)OC. The number of carbonyl (C=O) groups excluding carboxylic acids is 2. The van der Waals surface area contributed by atoms with E-state index in [1.807, 2.05) is 6.92 Å². The molecule has 0 rings (SSSR count). The molecule has 0 bridgehead atoms. The monoisotopic (exact) mass is 274 g/mol. The maximum absolute atomic E-state index is 11.9. The van der Waals surface area contributed by atoms with Gasteiger partial charge in [-0.3, -0.25) is 9.63 Å². The molecule has 6 nitrogen and oxygen atoms in total. The summed E-state index contributed by atoms with van der Waals surface area (Å²) in [5.41, 5.74) is -0.557. The number of ether oxygens (including phenoxy) is 1. The van der Waals surface area contributed by atoms with Crippen LogP contribution in [0.1, 0.15) is 41.0 Å². The number of hydrogen-bond acceptors (Lipinski definition) is 4. The quantitative estimate of drug-likeness (QED) is 0.778. The zero-order chi connectivity index (χ0) is 15.2. The number of rotatable bonds is 5. The Morgan fingerprint density at radius 1 is 1.32 bits per heavy atom. The number of hydrogen-bond donors (Lipinski definition) is 1. The summed E-state index contributed by atoms with van der Waals surface area (Å²) < 4.78 is 5.18. The Bertz CT molecular complexity index is 312. The summed E-state index contributed by atoms with van der Waals surface area (Å²) in [4.78, 5) is 28.5. The lowest BCUT2D eigenvalue weighted by Crippen LogP contribution is -2.47. The number of alkyl carbamates (subject to hydrolysis) is 1. The fourth-order valence-electron chi connectivity index (χ4n) is 1.59. The number of carbonyl (C=O) groups is 2. The maximum Gasteiger partial charge on any atom is 0.407 e. The van der Waals surface area contributed by atoms with Crippen LogP contribution in [-0.2, 0) is 14.4 Å². The summed E-state index contributed by atoms with van der Waals surface area (Å²) in [5.74, 6) is -0.576. The highest BCUT2D eigenvalue weighted by Crippen LogP contribution is 2.12. The second-order valence-electron chi connectivity index (χ2n) is 5.47. The molecule has 0 spiro atoms. The second kappa shape index (κ2) is 7.33. The van der Waals surface area contributed by atoms with E-state index in [4.69, 9.17) is 9.57 Å². The van der Waals surface area contributed by atoms with Crippen LogP contribution in [-0.4, -0.2) is 42.9 Å². The van der Waals surface area contributed by atoms with Gasteiger partial charge in [0.25, 0.3) is 5.91 Å². The van der Waals surface area contributed by atoms with Gasteiger partial charge in [0.15, 0.2) is 0 Å². The normalized spacial score (nSPS) is 14.5. The lowest BCUT2D eigenvalue weighted by molar-refractivity contribution is -0.173. The van der Waals surface area contributed by atoms with E-state index in [9.17, 15) is 9.59 Å². The van der Waals surface area contributed by atoms with Crippen molar-refractivity contribution < 1.29 is 19.2 Å². The number of hydroxylamine groups is 2. The molecule has 2 amide bonds. The lowest BCUT2D eigenvalue weighted by atomic mass is 9.99. The molecule has 0 heterocycles. The van der Waals surface area contributed by atoms with Crippen molar-refractivity contribution in [1.29, 1.82) is 0 Å². The van der Waals surface area contributed by atoms with E-state index in [1.165, 1.54) is 7.11 Å². The minimum atomic E-state index is -0.557. The van der Waals surface area contributed by atoms with Crippen molar-refractivity contribution in [3.05, 3.63) is 0 Å². The Hall–Kier alpha value is -1.30. The molecule has 1 N–H and O–H groups in total. The fraction of sp³-hybridized carbons (Fsp3) is 0.846. The van der Waals surface area contributed by atoms with Crippen LogP contribution in [0, 0.1) is 5.92 Å². The maximum atomic E-state index is 11.9. The third-order valence-corrected chi connectivity index (χ3v) is 2.72. The van der Waals surface area contributed by atoms with Gasteiger partial charge >= 0.3 is 6.09 Å². The van der Waals surface area contributed by atoms with Gasteiger partial charge in [-0.05, 0) is 27.2 Å². The van der Waals surface area contributed by atoms with Gasteiger partial charge in [0.05, 0.1) is 13.0 Å². The fourth-order valence-corrected chi connectivity index (χ4v) is 1.59. The largest absolute Gasteiger partial charge is 0.444 e. The van der Waals surface area contributed by atoms with E-state index in [0.29, 0.717) is 6.42 Å². The third-order valence-electron chi connectivity index (χ3n) is 2.72. The second-order valence-corrected chi connectivity index (χ2v) is 5.47. The first-order valence-corrected chi connectivity index (χ1v) is 6.43. The predicted octanol–water partition coefficient (Wildman–Crippen LogP) is 1.95. The van der Waals surface area contributed by atoms with Gasteiger partial charge in [-0.25, -0.2) is 9.86 Å². The van der Waals surface area contributed by atoms with Gasteiger partial charge in [-0.2, -0.15) is 0 Å². The molecule has 2 atom stereocenters. The predicted molar refractivity (Wildman–Crippen MR) is 72.4 cm³/mol. The molecule has 0 aromatic carbocycles. The molecule has 0 aliphatic carbocycles. The Morgan fingerprint density at radius 3 is 2.21 bits per heavy atom. The van der Waals surface area contributed by atoms with E-state index in [0.717, 1.165) is 5.06 Å². The van der Waals surface area contributed by atoms with Gasteiger partial charge in [0.1, 0.15) is 5.60 Å². The summed E-state index contributed by atoms with van der Waals surface area (Å²) >= 11 is 0. The van der Waals surface area contributed by atoms with Crippen molar-refractivity contribution >= 4 is 12.0 Å². The number of nitrogens with one attached hydrogen (secondary N) is 1. The molecule has 0 aromatic heterocycles. The van der Waals surface area contributed by atoms with Crippen LogP contribution in [0.4, 0.5) is 4.79 Å². The summed E-state index contributed by atoms with van der Waals surface area (Å²) in [6.07, 6.45) is 0.114. The van der Waals surface area contributed by atoms with Crippen LogP contribution < -0.4 is 5.32 Å². The van der Waals surface area contributed by atoms with Gasteiger partial charge in [0.2, 0.25) is 0 Å². The van der Waals surface area contributed by atoms with E-state index < -0.39 is 11.7 Å². The summed E-state index contributed by atoms with van der Waals surface area (Å²) in [6.45, 7) is 9.03. The first-order valence-electron chi connectivity index (χ1n) is 6.43. The highest BCUT2D eigenvalue weighted by atomic mass is 16.7. The third kappa shape index (κ3) is 6.42. The molecule has 2 unspecified atom stereocenters. The molecule has 0 saturated carbocycles. The summed E-state index contributed by atoms with van der Waals surface area (Å²) in [6, 6.07) is -0.292. The Balaban J connectivity index is 4.58. The van der Waals surface area contributed by atoms with Crippen molar-refractivity contribution in [2.24, 2.45) is 5.92 Å². The highest BCUT2D eigenvalue weighted by Gasteiger charge is 2.28. The molecule has 6 heteroatoms. The zero-order valence-electron chi connectivity index (χ0n) is 12.9. The minimum Gasteiger partial charge on any atom is -0.444 e. The molecular weight excluding hydrogens is 248 g/mol. The first-order chi connectivity index (χ1) is 8.62. The van der Waals surface area contributed by atoms with E-state index >= 15 is 0 Å². The van der Waals surface area contributed by atoms with Crippen LogP contribution >= 0.6 is 0 Å². The van der Waals surface area contributed by atoms with Gasteiger partial charge in [-0.15, -0.1) is 0 Å². The Morgan fingerprint density at radius 2 is 1.84 bits per heavy atom. The van der Waals surface area contributed by atoms with Gasteiger partial charge in [0, 0.05) is 13.1 Å². The highest BCUT2D eigenvalue weighted by molar-refractivity contribution is 5.79. The Kier molecular flexibility index (Phi) is 6.83. The zero-order valence-corrected chi connectivity index (χ0v) is 12.9. The molecule has 0 aliphatic heterocycles. The molecule has 0 saturated heterocycles. The van der Waals surface area contributed by atoms with Crippen molar-refractivity contribution in [3.63, 3.8) is 0 Å². The Labute approximate surface area is 115 Å². The summed E-state index contributed by atoms with van der Waals surface area (Å²) in [7, 11) is 2.96. The van der Waals surface area contributed by atoms with E-state index in [2.05, 4.69) is 5.32 Å². The number of amides is 2. The van der Waals surface area contributed by atoms with Crippen LogP contribution in [0.25, 0.3) is 0 Å². The van der Waals surface area contributed by atoms with Crippen molar-refractivity contribution in [2.45, 2.75) is 52.7 Å². The van der Waals surface area contributed by atoms with Gasteiger partial charge in [-0.1, -0.05) is 13.8 Å².